The van der Waals surface area contributed by atoms with Crippen LogP contribution in [-0.4, -0.2) is 74.1 Å². The average molecular weight is 462 g/mol. The lowest BCUT2D eigenvalue weighted by atomic mass is 9.64. The van der Waals surface area contributed by atoms with Crippen molar-refractivity contribution in [3.05, 3.63) is 71.8 Å². The van der Waals surface area contributed by atoms with Gasteiger partial charge in [-0.2, -0.15) is 0 Å². The van der Waals surface area contributed by atoms with E-state index in [2.05, 4.69) is 5.32 Å². The Labute approximate surface area is 202 Å². The predicted molar refractivity (Wildman–Crippen MR) is 133 cm³/mol. The molecule has 0 spiro atoms. The van der Waals surface area contributed by atoms with Crippen LogP contribution in [0.1, 0.15) is 33.6 Å². The lowest BCUT2D eigenvalue weighted by Gasteiger charge is -2.47. The highest BCUT2D eigenvalue weighted by Crippen LogP contribution is 2.41. The van der Waals surface area contributed by atoms with Crippen molar-refractivity contribution in [1.29, 1.82) is 0 Å². The van der Waals surface area contributed by atoms with Gasteiger partial charge in [0, 0.05) is 50.1 Å². The third-order valence-electron chi connectivity index (χ3n) is 7.41. The summed E-state index contributed by atoms with van der Waals surface area (Å²) >= 11 is 0. The molecule has 2 aromatic carbocycles. The number of Topliss-reactive ketones (excluding diaryl/α,β-unsaturated/α-hetero) is 2. The molecule has 6 heteroatoms. The van der Waals surface area contributed by atoms with Crippen LogP contribution >= 0.6 is 0 Å². The zero-order chi connectivity index (χ0) is 24.1. The van der Waals surface area contributed by atoms with Crippen LogP contribution in [0.3, 0.4) is 0 Å². The number of rotatable bonds is 7. The minimum Gasteiger partial charge on any atom is -0.348 e. The molecule has 2 aromatic rings. The molecule has 0 aliphatic carbocycles. The first-order valence-electron chi connectivity index (χ1n) is 12.3. The van der Waals surface area contributed by atoms with Gasteiger partial charge in [-0.05, 0) is 37.8 Å². The summed E-state index contributed by atoms with van der Waals surface area (Å²) in [5, 5.41) is 3.42. The number of hydrogen-bond acceptors (Lipinski definition) is 5. The molecule has 2 fully saturated rings. The van der Waals surface area contributed by atoms with Crippen LogP contribution in [-0.2, 0) is 4.79 Å². The zero-order valence-electron chi connectivity index (χ0n) is 20.2. The monoisotopic (exact) mass is 461 g/mol. The van der Waals surface area contributed by atoms with Crippen molar-refractivity contribution in [2.75, 3.05) is 46.8 Å². The summed E-state index contributed by atoms with van der Waals surface area (Å²) in [5.74, 6) is -0.263. The second-order valence-corrected chi connectivity index (χ2v) is 9.82. The molecule has 2 aliphatic heterocycles. The summed E-state index contributed by atoms with van der Waals surface area (Å²) in [5.41, 5.74) is 1.36. The Bertz CT molecular complexity index is 925. The van der Waals surface area contributed by atoms with E-state index in [0.29, 0.717) is 30.1 Å². The smallest absolute Gasteiger partial charge is 0.236 e. The van der Waals surface area contributed by atoms with Crippen LogP contribution in [0.2, 0.25) is 0 Å². The average Bonchev–Trinajstić information content (AvgIpc) is 2.88. The first-order chi connectivity index (χ1) is 16.5. The molecule has 4 rings (SSSR count). The van der Waals surface area contributed by atoms with Gasteiger partial charge < -0.3 is 10.2 Å². The zero-order valence-corrected chi connectivity index (χ0v) is 20.2. The van der Waals surface area contributed by atoms with Gasteiger partial charge in [-0.1, -0.05) is 60.7 Å². The van der Waals surface area contributed by atoms with Crippen LogP contribution in [0, 0.1) is 23.7 Å². The SMILES string of the molecule is CN(C)C(=O)CN1C[C@H](C(=O)c2ccccc2)C(C2CCNCC2)[C@H](C(=O)c2ccccc2)C1. The molecule has 34 heavy (non-hydrogen) atoms. The molecule has 3 atom stereocenters. The lowest BCUT2D eigenvalue weighted by molar-refractivity contribution is -0.130. The van der Waals surface area contributed by atoms with Gasteiger partial charge >= 0.3 is 0 Å². The normalized spacial score (nSPS) is 23.9. The fourth-order valence-corrected chi connectivity index (χ4v) is 5.65. The summed E-state index contributed by atoms with van der Waals surface area (Å²) < 4.78 is 0. The summed E-state index contributed by atoms with van der Waals surface area (Å²) in [7, 11) is 3.48. The van der Waals surface area contributed by atoms with E-state index >= 15 is 0 Å². The van der Waals surface area contributed by atoms with Crippen molar-refractivity contribution < 1.29 is 14.4 Å². The van der Waals surface area contributed by atoms with Crippen molar-refractivity contribution in [2.45, 2.75) is 12.8 Å². The highest BCUT2D eigenvalue weighted by molar-refractivity contribution is 6.01. The maximum Gasteiger partial charge on any atom is 0.236 e. The van der Waals surface area contributed by atoms with E-state index < -0.39 is 0 Å². The van der Waals surface area contributed by atoms with Gasteiger partial charge in [-0.15, -0.1) is 0 Å². The van der Waals surface area contributed by atoms with Crippen LogP contribution in [0.5, 0.6) is 0 Å². The molecule has 2 saturated heterocycles. The number of carbonyl (C=O) groups is 3. The molecule has 0 bridgehead atoms. The molecule has 1 N–H and O–H groups in total. The second kappa shape index (κ2) is 11.1. The van der Waals surface area contributed by atoms with Crippen LogP contribution in [0.25, 0.3) is 0 Å². The maximum absolute atomic E-state index is 13.9. The topological polar surface area (TPSA) is 69.7 Å². The van der Waals surface area contributed by atoms with Crippen molar-refractivity contribution in [3.8, 4) is 0 Å². The number of piperidine rings is 2. The molecular weight excluding hydrogens is 426 g/mol. The summed E-state index contributed by atoms with van der Waals surface area (Å²) in [4.78, 5) is 43.9. The van der Waals surface area contributed by atoms with E-state index in [4.69, 9.17) is 0 Å². The minimum atomic E-state index is -0.327. The lowest BCUT2D eigenvalue weighted by Crippen LogP contribution is -2.56. The molecule has 2 heterocycles. The van der Waals surface area contributed by atoms with Crippen molar-refractivity contribution >= 4 is 17.5 Å². The van der Waals surface area contributed by atoms with Crippen LogP contribution in [0.4, 0.5) is 0 Å². The van der Waals surface area contributed by atoms with E-state index in [1.165, 1.54) is 0 Å². The molecule has 2 aliphatic rings. The third kappa shape index (κ3) is 5.45. The summed E-state index contributed by atoms with van der Waals surface area (Å²) in [6.07, 6.45) is 1.91. The molecule has 1 unspecified atom stereocenters. The Hall–Kier alpha value is -2.83. The molecule has 0 aromatic heterocycles. The van der Waals surface area contributed by atoms with Crippen LogP contribution in [0.15, 0.2) is 60.7 Å². The number of ketones is 2. The minimum absolute atomic E-state index is 0.0165. The van der Waals surface area contributed by atoms with Gasteiger partial charge in [0.1, 0.15) is 0 Å². The van der Waals surface area contributed by atoms with E-state index in [0.717, 1.165) is 25.9 Å². The van der Waals surface area contributed by atoms with Gasteiger partial charge in [-0.3, -0.25) is 19.3 Å². The Morgan fingerprint density at radius 2 is 1.29 bits per heavy atom. The quantitative estimate of drug-likeness (QED) is 0.642. The van der Waals surface area contributed by atoms with Crippen molar-refractivity contribution in [2.24, 2.45) is 23.7 Å². The van der Waals surface area contributed by atoms with Crippen molar-refractivity contribution in [1.82, 2.24) is 15.1 Å². The number of hydrogen-bond donors (Lipinski definition) is 1. The number of benzene rings is 2. The highest BCUT2D eigenvalue weighted by atomic mass is 16.2. The predicted octanol–water partition coefficient (Wildman–Crippen LogP) is 3.00. The fraction of sp³-hybridized carbons (Fsp3) is 0.464. The van der Waals surface area contributed by atoms with Crippen LogP contribution < -0.4 is 5.32 Å². The standard InChI is InChI=1S/C28H35N3O3/c1-30(2)25(32)19-31-17-23(27(33)21-9-5-3-6-10-21)26(20-13-15-29-16-14-20)24(18-31)28(34)22-11-7-4-8-12-22/h3-12,20,23-24,26,29H,13-19H2,1-2H3/t23-,24+,26?. The second-order valence-electron chi connectivity index (χ2n) is 9.82. The molecule has 0 saturated carbocycles. The van der Waals surface area contributed by atoms with Gasteiger partial charge in [0.25, 0.3) is 0 Å². The number of nitrogens with one attached hydrogen (secondary N) is 1. The largest absolute Gasteiger partial charge is 0.348 e. The molecular formula is C28H35N3O3. The first-order valence-corrected chi connectivity index (χ1v) is 12.3. The van der Waals surface area contributed by atoms with Crippen molar-refractivity contribution in [3.63, 3.8) is 0 Å². The molecule has 180 valence electrons. The Morgan fingerprint density at radius 3 is 1.74 bits per heavy atom. The van der Waals surface area contributed by atoms with Gasteiger partial charge in [0.2, 0.25) is 5.91 Å². The van der Waals surface area contributed by atoms with E-state index in [1.54, 1.807) is 19.0 Å². The number of nitrogens with zero attached hydrogens (tertiary/aromatic N) is 2. The van der Waals surface area contributed by atoms with Gasteiger partial charge in [-0.25, -0.2) is 0 Å². The van der Waals surface area contributed by atoms with E-state index in [1.807, 2.05) is 65.6 Å². The number of amides is 1. The summed E-state index contributed by atoms with van der Waals surface area (Å²) in [6, 6.07) is 18.8. The Morgan fingerprint density at radius 1 is 0.824 bits per heavy atom. The van der Waals surface area contributed by atoms with Gasteiger partial charge in [0.15, 0.2) is 11.6 Å². The third-order valence-corrected chi connectivity index (χ3v) is 7.41. The Balaban J connectivity index is 1.73. The molecule has 6 nitrogen and oxygen atoms in total. The number of likely N-dealkylation sites (N-methyl/N-ethyl adjacent to an activating group) is 1. The van der Waals surface area contributed by atoms with Gasteiger partial charge in [0.05, 0.1) is 6.54 Å². The maximum atomic E-state index is 13.9. The highest BCUT2D eigenvalue weighted by Gasteiger charge is 2.47. The number of likely N-dealkylation sites (tertiary alicyclic amines) is 1. The number of carbonyl (C=O) groups excluding carboxylic acids is 3. The molecule has 0 radical (unpaired) electrons. The fourth-order valence-electron chi connectivity index (χ4n) is 5.65. The first kappa shape index (κ1) is 24.3. The van der Waals surface area contributed by atoms with E-state index in [9.17, 15) is 14.4 Å². The molecule has 1 amide bonds. The van der Waals surface area contributed by atoms with E-state index in [-0.39, 0.29) is 41.8 Å². The summed E-state index contributed by atoms with van der Waals surface area (Å²) in [6.45, 7) is 3.02. The Kier molecular flexibility index (Phi) is 7.91.